The Labute approximate surface area is 112 Å². The average molecular weight is 324 g/mol. The van der Waals surface area contributed by atoms with Gasteiger partial charge >= 0.3 is 6.18 Å². The smallest absolute Gasteiger partial charge is 0.396 e. The maximum Gasteiger partial charge on any atom is 0.416 e. The summed E-state index contributed by atoms with van der Waals surface area (Å²) >= 11 is 3.25. The second-order valence-electron chi connectivity index (χ2n) is 3.63. The highest BCUT2D eigenvalue weighted by molar-refractivity contribution is 9.09. The minimum atomic E-state index is -4.31. The zero-order valence-corrected chi connectivity index (χ0v) is 11.4. The number of halogens is 4. The van der Waals surface area contributed by atoms with E-state index in [1.54, 1.807) is 6.92 Å². The van der Waals surface area contributed by atoms with Crippen molar-refractivity contribution in [3.63, 3.8) is 0 Å². The normalized spacial score (nSPS) is 12.6. The van der Waals surface area contributed by atoms with E-state index in [-0.39, 0.29) is 0 Å². The Hall–Kier alpha value is -1.04. The summed E-state index contributed by atoms with van der Waals surface area (Å²) < 4.78 is 37.0. The van der Waals surface area contributed by atoms with E-state index in [4.69, 9.17) is 4.84 Å². The van der Waals surface area contributed by atoms with E-state index < -0.39 is 11.7 Å². The van der Waals surface area contributed by atoms with Crippen molar-refractivity contribution in [2.45, 2.75) is 19.5 Å². The molecule has 0 aromatic heterocycles. The van der Waals surface area contributed by atoms with Crippen LogP contribution in [0.25, 0.3) is 0 Å². The van der Waals surface area contributed by atoms with Crippen LogP contribution in [0.15, 0.2) is 29.4 Å². The molecular formula is C12H13BrF3NO. The predicted molar refractivity (Wildman–Crippen MR) is 68.0 cm³/mol. The summed E-state index contributed by atoms with van der Waals surface area (Å²) in [5, 5.41) is 4.66. The molecule has 1 aromatic carbocycles. The van der Waals surface area contributed by atoms with Crippen LogP contribution in [0.3, 0.4) is 0 Å². The van der Waals surface area contributed by atoms with Gasteiger partial charge in [-0.1, -0.05) is 33.2 Å². The fraction of sp³-hybridized carbons (Fsp3) is 0.417. The van der Waals surface area contributed by atoms with Crippen molar-refractivity contribution < 1.29 is 18.0 Å². The molecule has 0 aliphatic carbocycles. The Morgan fingerprint density at radius 2 is 1.89 bits per heavy atom. The van der Waals surface area contributed by atoms with Crippen LogP contribution >= 0.6 is 15.9 Å². The summed E-state index contributed by atoms with van der Waals surface area (Å²) in [6.45, 7) is 2.17. The Balaban J connectivity index is 2.67. The van der Waals surface area contributed by atoms with Gasteiger partial charge in [0.05, 0.1) is 11.3 Å². The van der Waals surface area contributed by atoms with Gasteiger partial charge in [0.15, 0.2) is 0 Å². The van der Waals surface area contributed by atoms with Gasteiger partial charge in [0, 0.05) is 5.33 Å². The van der Waals surface area contributed by atoms with Gasteiger partial charge in [-0.25, -0.2) is 0 Å². The van der Waals surface area contributed by atoms with E-state index >= 15 is 0 Å². The van der Waals surface area contributed by atoms with E-state index in [1.807, 2.05) is 0 Å². The van der Waals surface area contributed by atoms with Crippen molar-refractivity contribution >= 4 is 21.6 Å². The second kappa shape index (κ2) is 6.78. The number of rotatable bonds is 5. The third-order valence-electron chi connectivity index (χ3n) is 2.20. The molecule has 100 valence electrons. The molecule has 1 rings (SSSR count). The Bertz CT molecular complexity index is 401. The van der Waals surface area contributed by atoms with E-state index in [1.165, 1.54) is 12.1 Å². The minimum Gasteiger partial charge on any atom is -0.396 e. The highest BCUT2D eigenvalue weighted by Crippen LogP contribution is 2.29. The number of alkyl halides is 4. The molecule has 0 heterocycles. The number of benzene rings is 1. The van der Waals surface area contributed by atoms with Gasteiger partial charge in [-0.2, -0.15) is 13.2 Å². The quantitative estimate of drug-likeness (QED) is 0.344. The van der Waals surface area contributed by atoms with Crippen LogP contribution in [0.4, 0.5) is 13.2 Å². The monoisotopic (exact) mass is 323 g/mol. The number of nitrogens with zero attached hydrogens (tertiary/aromatic N) is 1. The van der Waals surface area contributed by atoms with E-state index in [0.29, 0.717) is 17.9 Å². The second-order valence-corrected chi connectivity index (χ2v) is 4.42. The van der Waals surface area contributed by atoms with Crippen molar-refractivity contribution in [1.82, 2.24) is 0 Å². The summed E-state index contributed by atoms with van der Waals surface area (Å²) in [4.78, 5) is 5.02. The van der Waals surface area contributed by atoms with Crippen molar-refractivity contribution in [2.24, 2.45) is 5.16 Å². The highest BCUT2D eigenvalue weighted by Gasteiger charge is 2.29. The SMILES string of the molecule is C/C(=N\OCCCBr)c1ccc(C(F)(F)F)cc1. The average Bonchev–Trinajstić information content (AvgIpc) is 2.33. The van der Waals surface area contributed by atoms with Crippen LogP contribution < -0.4 is 0 Å². The van der Waals surface area contributed by atoms with Crippen molar-refractivity contribution in [3.8, 4) is 0 Å². The van der Waals surface area contributed by atoms with Gasteiger partial charge < -0.3 is 4.84 Å². The van der Waals surface area contributed by atoms with Gasteiger partial charge in [0.1, 0.15) is 6.61 Å². The maximum atomic E-state index is 12.3. The standard InChI is InChI=1S/C12H13BrF3NO/c1-9(17-18-8-2-7-13)10-3-5-11(6-4-10)12(14,15)16/h3-6H,2,7-8H2,1H3/b17-9+. The molecule has 0 N–H and O–H groups in total. The summed E-state index contributed by atoms with van der Waals surface area (Å²) in [6.07, 6.45) is -3.49. The highest BCUT2D eigenvalue weighted by atomic mass is 79.9. The molecule has 0 atom stereocenters. The van der Waals surface area contributed by atoms with Crippen LogP contribution in [0.5, 0.6) is 0 Å². The van der Waals surface area contributed by atoms with Crippen LogP contribution in [0.1, 0.15) is 24.5 Å². The molecule has 0 aliphatic rings. The molecule has 0 amide bonds. The maximum absolute atomic E-state index is 12.3. The van der Waals surface area contributed by atoms with Crippen LogP contribution in [-0.2, 0) is 11.0 Å². The molecule has 0 aliphatic heterocycles. The van der Waals surface area contributed by atoms with E-state index in [2.05, 4.69) is 21.1 Å². The summed E-state index contributed by atoms with van der Waals surface area (Å²) in [5.41, 5.74) is 0.499. The molecule has 0 bridgehead atoms. The first kappa shape index (κ1) is 15.0. The minimum absolute atomic E-state index is 0.475. The fourth-order valence-corrected chi connectivity index (χ4v) is 1.44. The lowest BCUT2D eigenvalue weighted by Gasteiger charge is -2.07. The van der Waals surface area contributed by atoms with Gasteiger partial charge in [0.25, 0.3) is 0 Å². The Morgan fingerprint density at radius 1 is 1.28 bits per heavy atom. The van der Waals surface area contributed by atoms with Gasteiger partial charge in [0.2, 0.25) is 0 Å². The first-order valence-corrected chi connectivity index (χ1v) is 6.47. The van der Waals surface area contributed by atoms with Gasteiger partial charge in [-0.05, 0) is 31.0 Å². The zero-order chi connectivity index (χ0) is 13.6. The summed E-state index contributed by atoms with van der Waals surface area (Å²) in [7, 11) is 0. The molecular weight excluding hydrogens is 311 g/mol. The van der Waals surface area contributed by atoms with Gasteiger partial charge in [-0.15, -0.1) is 0 Å². The zero-order valence-electron chi connectivity index (χ0n) is 9.80. The molecule has 1 aromatic rings. The number of hydrogen-bond donors (Lipinski definition) is 0. The van der Waals surface area contributed by atoms with Crippen LogP contribution in [-0.4, -0.2) is 17.6 Å². The lowest BCUT2D eigenvalue weighted by atomic mass is 10.1. The molecule has 0 saturated carbocycles. The molecule has 0 radical (unpaired) electrons. The van der Waals surface area contributed by atoms with E-state index in [9.17, 15) is 13.2 Å². The fourth-order valence-electron chi connectivity index (χ4n) is 1.21. The lowest BCUT2D eigenvalue weighted by molar-refractivity contribution is -0.137. The lowest BCUT2D eigenvalue weighted by Crippen LogP contribution is -2.05. The topological polar surface area (TPSA) is 21.6 Å². The molecule has 0 fully saturated rings. The third-order valence-corrected chi connectivity index (χ3v) is 2.76. The summed E-state index contributed by atoms with van der Waals surface area (Å²) in [5.74, 6) is 0. The molecule has 6 heteroatoms. The Kier molecular flexibility index (Phi) is 5.65. The number of hydrogen-bond acceptors (Lipinski definition) is 2. The van der Waals surface area contributed by atoms with Crippen LogP contribution in [0, 0.1) is 0 Å². The molecule has 0 saturated heterocycles. The first-order valence-electron chi connectivity index (χ1n) is 5.35. The predicted octanol–water partition coefficient (Wildman–Crippen LogP) is 4.23. The summed E-state index contributed by atoms with van der Waals surface area (Å²) in [6, 6.07) is 4.84. The van der Waals surface area contributed by atoms with Gasteiger partial charge in [-0.3, -0.25) is 0 Å². The van der Waals surface area contributed by atoms with Crippen molar-refractivity contribution in [2.75, 3.05) is 11.9 Å². The number of oxime groups is 1. The first-order chi connectivity index (χ1) is 8.45. The van der Waals surface area contributed by atoms with Crippen LogP contribution in [0.2, 0.25) is 0 Å². The largest absolute Gasteiger partial charge is 0.416 e. The molecule has 0 spiro atoms. The molecule has 0 unspecified atom stereocenters. The van der Waals surface area contributed by atoms with Crippen molar-refractivity contribution in [1.29, 1.82) is 0 Å². The third kappa shape index (κ3) is 4.68. The van der Waals surface area contributed by atoms with E-state index in [0.717, 1.165) is 23.9 Å². The molecule has 18 heavy (non-hydrogen) atoms. The Morgan fingerprint density at radius 3 is 2.39 bits per heavy atom. The molecule has 2 nitrogen and oxygen atoms in total. The van der Waals surface area contributed by atoms with Crippen molar-refractivity contribution in [3.05, 3.63) is 35.4 Å².